The molecule has 1 unspecified atom stereocenters. The minimum absolute atomic E-state index is 0.0225. The van der Waals surface area contributed by atoms with Crippen molar-refractivity contribution in [3.8, 4) is 10.7 Å². The maximum absolute atomic E-state index is 12.4. The molecule has 1 atom stereocenters. The summed E-state index contributed by atoms with van der Waals surface area (Å²) in [6.45, 7) is 1.74. The Bertz CT molecular complexity index is 926. The fourth-order valence-electron chi connectivity index (χ4n) is 2.43. The van der Waals surface area contributed by atoms with Crippen LogP contribution in [0.3, 0.4) is 0 Å². The van der Waals surface area contributed by atoms with Crippen molar-refractivity contribution in [3.05, 3.63) is 42.4 Å². The molecule has 2 heterocycles. The van der Waals surface area contributed by atoms with Crippen molar-refractivity contribution in [2.24, 2.45) is 0 Å². The number of hydrogen-bond donors (Lipinski definition) is 1. The van der Waals surface area contributed by atoms with Crippen molar-refractivity contribution in [3.63, 3.8) is 0 Å². The molecular weight excluding hydrogens is 368 g/mol. The molecule has 0 radical (unpaired) electrons. The second kappa shape index (κ2) is 8.65. The monoisotopic (exact) mass is 386 g/mol. The number of methoxy groups -OCH3 is 1. The van der Waals surface area contributed by atoms with Crippen LogP contribution in [0.2, 0.25) is 0 Å². The molecule has 3 rings (SSSR count). The zero-order valence-corrected chi connectivity index (χ0v) is 15.7. The van der Waals surface area contributed by atoms with Crippen molar-refractivity contribution in [1.82, 2.24) is 20.3 Å². The summed E-state index contributed by atoms with van der Waals surface area (Å²) in [6, 6.07) is 7.45. The molecule has 0 spiro atoms. The third-order valence-corrected chi connectivity index (χ3v) is 4.59. The number of esters is 1. The van der Waals surface area contributed by atoms with Crippen molar-refractivity contribution in [2.45, 2.75) is 13.0 Å². The number of rotatable bonds is 7. The number of nitrogens with one attached hydrogen (secondary N) is 1. The molecule has 0 bridgehead atoms. The van der Waals surface area contributed by atoms with Crippen molar-refractivity contribution in [1.29, 1.82) is 0 Å². The van der Waals surface area contributed by atoms with Gasteiger partial charge in [0, 0.05) is 25.5 Å². The normalized spacial score (nSPS) is 11.9. The molecule has 1 aromatic carbocycles. The summed E-state index contributed by atoms with van der Waals surface area (Å²) >= 11 is 1.41. The Morgan fingerprint density at radius 1 is 1.22 bits per heavy atom. The van der Waals surface area contributed by atoms with Crippen LogP contribution in [0.5, 0.6) is 0 Å². The summed E-state index contributed by atoms with van der Waals surface area (Å²) in [5, 5.41) is 3.23. The van der Waals surface area contributed by atoms with Gasteiger partial charge in [-0.2, -0.15) is 0 Å². The van der Waals surface area contributed by atoms with Crippen LogP contribution in [-0.2, 0) is 14.3 Å². The number of aromatic nitrogens is 3. The first-order chi connectivity index (χ1) is 13.1. The van der Waals surface area contributed by atoms with Gasteiger partial charge in [0.25, 0.3) is 5.91 Å². The number of thiazole rings is 1. The van der Waals surface area contributed by atoms with E-state index in [4.69, 9.17) is 9.47 Å². The van der Waals surface area contributed by atoms with Gasteiger partial charge < -0.3 is 14.8 Å². The highest BCUT2D eigenvalue weighted by Crippen LogP contribution is 2.30. The second-order valence-corrected chi connectivity index (χ2v) is 6.77. The van der Waals surface area contributed by atoms with Crippen LogP contribution >= 0.6 is 11.3 Å². The van der Waals surface area contributed by atoms with Gasteiger partial charge in [-0.25, -0.2) is 19.7 Å². The molecule has 3 aromatic rings. The Kier molecular flexibility index (Phi) is 6.05. The van der Waals surface area contributed by atoms with E-state index in [1.54, 1.807) is 14.0 Å². The fraction of sp³-hybridized carbons (Fsp3) is 0.278. The largest absolute Gasteiger partial charge is 0.451 e. The number of fused-ring (bicyclic) bond motifs is 1. The van der Waals surface area contributed by atoms with Crippen molar-refractivity contribution >= 4 is 33.4 Å². The molecule has 1 N–H and O–H groups in total. The molecule has 27 heavy (non-hydrogen) atoms. The number of para-hydroxylation sites is 1. The van der Waals surface area contributed by atoms with Crippen LogP contribution in [0.25, 0.3) is 20.9 Å². The van der Waals surface area contributed by atoms with Gasteiger partial charge in [0.15, 0.2) is 12.3 Å². The number of nitrogens with zero attached hydrogens (tertiary/aromatic N) is 3. The van der Waals surface area contributed by atoms with E-state index in [1.165, 1.54) is 23.7 Å². The fourth-order valence-corrected chi connectivity index (χ4v) is 3.39. The van der Waals surface area contributed by atoms with Crippen LogP contribution in [0.4, 0.5) is 0 Å². The molecule has 0 aliphatic rings. The Morgan fingerprint density at radius 3 is 2.78 bits per heavy atom. The first-order valence-electron chi connectivity index (χ1n) is 8.21. The number of carbonyl (C=O) groups is 2. The highest BCUT2D eigenvalue weighted by atomic mass is 32.1. The van der Waals surface area contributed by atoms with Gasteiger partial charge in [-0.15, -0.1) is 11.3 Å². The summed E-state index contributed by atoms with van der Waals surface area (Å²) < 4.78 is 11.0. The van der Waals surface area contributed by atoms with Crippen molar-refractivity contribution < 1.29 is 19.1 Å². The molecule has 0 saturated heterocycles. The lowest BCUT2D eigenvalue weighted by atomic mass is 10.3. The number of ether oxygens (including phenoxy) is 2. The summed E-state index contributed by atoms with van der Waals surface area (Å²) in [5.74, 6) is -1.15. The van der Waals surface area contributed by atoms with E-state index in [0.29, 0.717) is 17.3 Å². The van der Waals surface area contributed by atoms with E-state index in [2.05, 4.69) is 20.3 Å². The molecule has 9 heteroatoms. The maximum Gasteiger partial charge on any atom is 0.359 e. The van der Waals surface area contributed by atoms with Crippen LogP contribution < -0.4 is 5.32 Å². The molecule has 0 fully saturated rings. The molecule has 2 aromatic heterocycles. The van der Waals surface area contributed by atoms with E-state index in [0.717, 1.165) is 10.2 Å². The Hall–Kier alpha value is -2.91. The van der Waals surface area contributed by atoms with E-state index in [-0.39, 0.29) is 11.7 Å². The molecule has 0 saturated carbocycles. The SMILES string of the molecule is COCC(C)NC(=O)COC(=O)c1nccnc1-c1nc2ccccc2s1. The van der Waals surface area contributed by atoms with Gasteiger partial charge >= 0.3 is 5.97 Å². The smallest absolute Gasteiger partial charge is 0.359 e. The summed E-state index contributed by atoms with van der Waals surface area (Å²) in [5.41, 5.74) is 1.17. The zero-order valence-electron chi connectivity index (χ0n) is 14.8. The van der Waals surface area contributed by atoms with Crippen LogP contribution in [0.1, 0.15) is 17.4 Å². The number of amides is 1. The summed E-state index contributed by atoms with van der Waals surface area (Å²) in [7, 11) is 1.54. The lowest BCUT2D eigenvalue weighted by Crippen LogP contribution is -2.38. The highest BCUT2D eigenvalue weighted by molar-refractivity contribution is 7.21. The average molecular weight is 386 g/mol. The summed E-state index contributed by atoms with van der Waals surface area (Å²) in [4.78, 5) is 37.1. The van der Waals surface area contributed by atoms with Crippen LogP contribution in [-0.4, -0.2) is 53.2 Å². The van der Waals surface area contributed by atoms with E-state index < -0.39 is 18.5 Å². The van der Waals surface area contributed by atoms with Gasteiger partial charge in [-0.3, -0.25) is 4.79 Å². The van der Waals surface area contributed by atoms with Gasteiger partial charge in [0.05, 0.1) is 16.8 Å². The molecular formula is C18H18N4O4S. The first-order valence-corrected chi connectivity index (χ1v) is 9.02. The molecule has 140 valence electrons. The summed E-state index contributed by atoms with van der Waals surface area (Å²) in [6.07, 6.45) is 2.88. The topological polar surface area (TPSA) is 103 Å². The van der Waals surface area contributed by atoms with Gasteiger partial charge in [-0.05, 0) is 19.1 Å². The third-order valence-electron chi connectivity index (χ3n) is 3.55. The van der Waals surface area contributed by atoms with Gasteiger partial charge in [0.1, 0.15) is 10.7 Å². The predicted molar refractivity (Wildman–Crippen MR) is 100 cm³/mol. The van der Waals surface area contributed by atoms with Gasteiger partial charge in [-0.1, -0.05) is 12.1 Å². The highest BCUT2D eigenvalue weighted by Gasteiger charge is 2.21. The standard InChI is InChI=1S/C18H18N4O4S/c1-11(9-25-2)21-14(23)10-26-18(24)16-15(19-7-8-20-16)17-22-12-5-3-4-6-13(12)27-17/h3-8,11H,9-10H2,1-2H3,(H,21,23). The molecule has 1 amide bonds. The number of carbonyl (C=O) groups excluding carboxylic acids is 2. The van der Waals surface area contributed by atoms with E-state index >= 15 is 0 Å². The molecule has 8 nitrogen and oxygen atoms in total. The molecule has 0 aliphatic heterocycles. The third kappa shape index (κ3) is 4.63. The minimum Gasteiger partial charge on any atom is -0.451 e. The number of benzene rings is 1. The number of hydrogen-bond acceptors (Lipinski definition) is 8. The van der Waals surface area contributed by atoms with E-state index in [1.807, 2.05) is 24.3 Å². The lowest BCUT2D eigenvalue weighted by molar-refractivity contribution is -0.125. The predicted octanol–water partition coefficient (Wildman–Crippen LogP) is 2.06. The molecule has 0 aliphatic carbocycles. The maximum atomic E-state index is 12.4. The van der Waals surface area contributed by atoms with Gasteiger partial charge in [0.2, 0.25) is 0 Å². The van der Waals surface area contributed by atoms with Crippen LogP contribution in [0.15, 0.2) is 36.7 Å². The quantitative estimate of drug-likeness (QED) is 0.620. The lowest BCUT2D eigenvalue weighted by Gasteiger charge is -2.12. The van der Waals surface area contributed by atoms with Crippen molar-refractivity contribution in [2.75, 3.05) is 20.3 Å². The Labute approximate surface area is 159 Å². The zero-order chi connectivity index (χ0) is 19.2. The Balaban J connectivity index is 1.73. The minimum atomic E-state index is -0.730. The first kappa shape index (κ1) is 18.9. The Morgan fingerprint density at radius 2 is 2.00 bits per heavy atom. The van der Waals surface area contributed by atoms with E-state index in [9.17, 15) is 9.59 Å². The second-order valence-electron chi connectivity index (χ2n) is 5.74. The van der Waals surface area contributed by atoms with Crippen LogP contribution in [0, 0.1) is 0 Å². The average Bonchev–Trinajstić information content (AvgIpc) is 3.10.